The fourth-order valence-electron chi connectivity index (χ4n) is 4.75. The molecule has 28 heavy (non-hydrogen) atoms. The van der Waals surface area contributed by atoms with Gasteiger partial charge in [0.25, 0.3) is 5.91 Å². The minimum Gasteiger partial charge on any atom is -0.355 e. The first-order valence-corrected chi connectivity index (χ1v) is 10.7. The Morgan fingerprint density at radius 1 is 1.29 bits per heavy atom. The van der Waals surface area contributed by atoms with Gasteiger partial charge in [0.1, 0.15) is 0 Å². The highest BCUT2D eigenvalue weighted by Gasteiger charge is 2.48. The second-order valence-electron chi connectivity index (χ2n) is 9.29. The molecular weight excluding hydrogens is 354 g/mol. The predicted octanol–water partition coefficient (Wildman–Crippen LogP) is 2.51. The van der Waals surface area contributed by atoms with Gasteiger partial charge in [-0.1, -0.05) is 38.8 Å². The van der Waals surface area contributed by atoms with E-state index >= 15 is 0 Å². The van der Waals surface area contributed by atoms with Crippen molar-refractivity contribution in [3.63, 3.8) is 0 Å². The number of hydrogen-bond acceptors (Lipinski definition) is 4. The lowest BCUT2D eigenvalue weighted by molar-refractivity contribution is -0.126. The summed E-state index contributed by atoms with van der Waals surface area (Å²) in [6.45, 7) is 9.99. The molecule has 0 saturated heterocycles. The van der Waals surface area contributed by atoms with E-state index in [0.717, 1.165) is 24.5 Å². The minimum absolute atomic E-state index is 0.107. The Hall–Kier alpha value is -1.92. The lowest BCUT2D eigenvalue weighted by Gasteiger charge is -2.31. The lowest BCUT2D eigenvalue weighted by Crippen LogP contribution is -2.45. The highest BCUT2D eigenvalue weighted by atomic mass is 16.2. The van der Waals surface area contributed by atoms with Gasteiger partial charge in [-0.25, -0.2) is 4.68 Å². The molecular formula is C21H35N5O2. The van der Waals surface area contributed by atoms with Crippen molar-refractivity contribution in [3.8, 4) is 0 Å². The van der Waals surface area contributed by atoms with Gasteiger partial charge in [-0.3, -0.25) is 9.59 Å². The summed E-state index contributed by atoms with van der Waals surface area (Å²) in [6, 6.07) is 0. The van der Waals surface area contributed by atoms with Crippen LogP contribution in [0.3, 0.4) is 0 Å². The van der Waals surface area contributed by atoms with E-state index in [1.165, 1.54) is 19.3 Å². The molecule has 1 aromatic heterocycles. The van der Waals surface area contributed by atoms with E-state index in [1.54, 1.807) is 16.6 Å². The van der Waals surface area contributed by atoms with Crippen molar-refractivity contribution in [1.82, 2.24) is 25.2 Å². The molecule has 7 heteroatoms. The van der Waals surface area contributed by atoms with Crippen molar-refractivity contribution in [2.75, 3.05) is 20.1 Å². The standard InChI is InChI=1S/C21H35N5O2/c1-6-17-18(23-24-26(17)7-2)20(28)25(5)13-21(3,4)12-22-19(27)15-10-8-9-14-11-16(14)15/h14-16H,6-13H2,1-5H3,(H,22,27). The Balaban J connectivity index is 1.54. The summed E-state index contributed by atoms with van der Waals surface area (Å²) in [7, 11) is 1.80. The number of nitrogens with zero attached hydrogens (tertiary/aromatic N) is 4. The van der Waals surface area contributed by atoms with Gasteiger partial charge in [-0.2, -0.15) is 0 Å². The van der Waals surface area contributed by atoms with E-state index in [1.807, 2.05) is 13.8 Å². The zero-order valence-electron chi connectivity index (χ0n) is 18.0. The number of aromatic nitrogens is 3. The van der Waals surface area contributed by atoms with Crippen molar-refractivity contribution in [1.29, 1.82) is 0 Å². The Labute approximate surface area is 168 Å². The minimum atomic E-state index is -0.217. The molecule has 156 valence electrons. The first-order valence-electron chi connectivity index (χ1n) is 10.7. The van der Waals surface area contributed by atoms with Crippen molar-refractivity contribution >= 4 is 11.8 Å². The van der Waals surface area contributed by atoms with E-state index in [2.05, 4.69) is 29.5 Å². The van der Waals surface area contributed by atoms with Crippen LogP contribution in [0.25, 0.3) is 0 Å². The van der Waals surface area contributed by atoms with Crippen LogP contribution in [0.4, 0.5) is 0 Å². The monoisotopic (exact) mass is 389 g/mol. The summed E-state index contributed by atoms with van der Waals surface area (Å²) in [4.78, 5) is 27.2. The number of fused-ring (bicyclic) bond motifs is 1. The van der Waals surface area contributed by atoms with Gasteiger partial charge in [0.2, 0.25) is 5.91 Å². The van der Waals surface area contributed by atoms with E-state index in [9.17, 15) is 9.59 Å². The van der Waals surface area contributed by atoms with Crippen LogP contribution in [0.2, 0.25) is 0 Å². The predicted molar refractivity (Wildman–Crippen MR) is 108 cm³/mol. The second-order valence-corrected chi connectivity index (χ2v) is 9.29. The molecule has 3 rings (SSSR count). The number of carbonyl (C=O) groups is 2. The molecule has 1 N–H and O–H groups in total. The third-order valence-corrected chi connectivity index (χ3v) is 6.35. The van der Waals surface area contributed by atoms with Crippen molar-refractivity contribution in [2.45, 2.75) is 66.3 Å². The fraction of sp³-hybridized carbons (Fsp3) is 0.810. The highest BCUT2D eigenvalue weighted by molar-refractivity contribution is 5.93. The van der Waals surface area contributed by atoms with Crippen molar-refractivity contribution < 1.29 is 9.59 Å². The molecule has 2 amide bonds. The summed E-state index contributed by atoms with van der Waals surface area (Å²) in [5.41, 5.74) is 1.10. The van der Waals surface area contributed by atoms with Gasteiger partial charge in [0, 0.05) is 32.6 Å². The molecule has 0 spiro atoms. The molecule has 3 atom stereocenters. The number of aryl methyl sites for hydroxylation is 1. The van der Waals surface area contributed by atoms with Gasteiger partial charge in [-0.15, -0.1) is 5.10 Å². The van der Waals surface area contributed by atoms with E-state index in [4.69, 9.17) is 0 Å². The Morgan fingerprint density at radius 2 is 2.04 bits per heavy atom. The Morgan fingerprint density at radius 3 is 2.71 bits per heavy atom. The maximum Gasteiger partial charge on any atom is 0.276 e. The molecule has 7 nitrogen and oxygen atoms in total. The molecule has 3 unspecified atom stereocenters. The third kappa shape index (κ3) is 4.39. The summed E-state index contributed by atoms with van der Waals surface area (Å²) >= 11 is 0. The molecule has 0 radical (unpaired) electrons. The third-order valence-electron chi connectivity index (χ3n) is 6.35. The van der Waals surface area contributed by atoms with Crippen molar-refractivity contribution in [3.05, 3.63) is 11.4 Å². The quantitative estimate of drug-likeness (QED) is 0.741. The first-order chi connectivity index (χ1) is 13.3. The lowest BCUT2D eigenvalue weighted by atomic mass is 9.87. The maximum atomic E-state index is 12.9. The van der Waals surface area contributed by atoms with Crippen LogP contribution in [-0.2, 0) is 17.8 Å². The molecule has 0 aromatic carbocycles. The van der Waals surface area contributed by atoms with Crippen LogP contribution in [-0.4, -0.2) is 51.8 Å². The number of carbonyl (C=O) groups excluding carboxylic acids is 2. The fourth-order valence-corrected chi connectivity index (χ4v) is 4.75. The molecule has 1 heterocycles. The summed E-state index contributed by atoms with van der Waals surface area (Å²) < 4.78 is 1.78. The average molecular weight is 390 g/mol. The maximum absolute atomic E-state index is 12.9. The summed E-state index contributed by atoms with van der Waals surface area (Å²) in [6.07, 6.45) is 5.46. The van der Waals surface area contributed by atoms with Crippen molar-refractivity contribution in [2.24, 2.45) is 23.2 Å². The van der Waals surface area contributed by atoms with Gasteiger partial charge in [0.15, 0.2) is 5.69 Å². The van der Waals surface area contributed by atoms with E-state index in [0.29, 0.717) is 31.2 Å². The topological polar surface area (TPSA) is 80.1 Å². The summed E-state index contributed by atoms with van der Waals surface area (Å²) in [5.74, 6) is 1.71. The number of nitrogens with one attached hydrogen (secondary N) is 1. The van der Waals surface area contributed by atoms with E-state index < -0.39 is 0 Å². The zero-order valence-corrected chi connectivity index (χ0v) is 18.0. The van der Waals surface area contributed by atoms with Crippen LogP contribution >= 0.6 is 0 Å². The van der Waals surface area contributed by atoms with Gasteiger partial charge >= 0.3 is 0 Å². The smallest absolute Gasteiger partial charge is 0.276 e. The molecule has 1 aromatic rings. The zero-order chi connectivity index (χ0) is 20.5. The normalized spacial score (nSPS) is 23.8. The largest absolute Gasteiger partial charge is 0.355 e. The number of amides is 2. The molecule has 0 bridgehead atoms. The Kier molecular flexibility index (Phi) is 6.10. The van der Waals surface area contributed by atoms with Gasteiger partial charge in [-0.05, 0) is 43.4 Å². The number of hydrogen-bond donors (Lipinski definition) is 1. The molecule has 0 aliphatic heterocycles. The molecule has 2 saturated carbocycles. The van der Waals surface area contributed by atoms with Crippen LogP contribution < -0.4 is 5.32 Å². The Bertz CT molecular complexity index is 726. The molecule has 2 aliphatic carbocycles. The summed E-state index contributed by atoms with van der Waals surface area (Å²) in [5, 5.41) is 11.4. The first kappa shape index (κ1) is 20.8. The van der Waals surface area contributed by atoms with Crippen LogP contribution in [0.5, 0.6) is 0 Å². The van der Waals surface area contributed by atoms with Crippen LogP contribution in [0, 0.1) is 23.2 Å². The number of rotatable bonds is 8. The SMILES string of the molecule is CCc1c(C(=O)N(C)CC(C)(C)CNC(=O)C2CCCC3CC32)nnn1CC. The molecule has 2 fully saturated rings. The highest BCUT2D eigenvalue weighted by Crippen LogP contribution is 2.52. The van der Waals surface area contributed by atoms with Gasteiger partial charge < -0.3 is 10.2 Å². The molecule has 2 aliphatic rings. The second kappa shape index (κ2) is 8.21. The van der Waals surface area contributed by atoms with E-state index in [-0.39, 0.29) is 23.1 Å². The average Bonchev–Trinajstić information content (AvgIpc) is 3.35. The van der Waals surface area contributed by atoms with Gasteiger partial charge in [0.05, 0.1) is 5.69 Å². The van der Waals surface area contributed by atoms with Crippen LogP contribution in [0.1, 0.15) is 69.6 Å². The van der Waals surface area contributed by atoms with Crippen LogP contribution in [0.15, 0.2) is 0 Å².